The summed E-state index contributed by atoms with van der Waals surface area (Å²) in [5, 5.41) is 3.48. The van der Waals surface area contributed by atoms with E-state index in [1.807, 2.05) is 0 Å². The van der Waals surface area contributed by atoms with Gasteiger partial charge in [0.15, 0.2) is 0 Å². The lowest BCUT2D eigenvalue weighted by Gasteiger charge is -2.25. The topological polar surface area (TPSA) is 12.0 Å². The molecule has 0 saturated heterocycles. The van der Waals surface area contributed by atoms with Gasteiger partial charge in [-0.05, 0) is 42.9 Å². The molecule has 0 radical (unpaired) electrons. The summed E-state index contributed by atoms with van der Waals surface area (Å²) < 4.78 is 0. The maximum absolute atomic E-state index is 5.69. The first-order valence-electron chi connectivity index (χ1n) is 5.77. The molecule has 82 valence electrons. The minimum atomic E-state index is 0.703. The van der Waals surface area contributed by atoms with Crippen LogP contribution in [0.15, 0.2) is 24.3 Å². The van der Waals surface area contributed by atoms with E-state index in [1.54, 1.807) is 0 Å². The van der Waals surface area contributed by atoms with Gasteiger partial charge in [0.05, 0.1) is 0 Å². The van der Waals surface area contributed by atoms with Gasteiger partial charge in [-0.15, -0.1) is 11.6 Å². The van der Waals surface area contributed by atoms with Gasteiger partial charge in [-0.25, -0.2) is 0 Å². The van der Waals surface area contributed by atoms with Crippen LogP contribution in [0, 0.1) is 5.92 Å². The molecule has 1 aromatic carbocycles. The summed E-state index contributed by atoms with van der Waals surface area (Å²) in [4.78, 5) is 0. The SMILES string of the molecule is ClCCc1ccc(NCC2CCC2)cc1. The first-order valence-corrected chi connectivity index (χ1v) is 6.31. The third-order valence-electron chi connectivity index (χ3n) is 3.16. The van der Waals surface area contributed by atoms with Crippen molar-refractivity contribution in [1.29, 1.82) is 0 Å². The van der Waals surface area contributed by atoms with Crippen molar-refractivity contribution in [1.82, 2.24) is 0 Å². The maximum Gasteiger partial charge on any atom is 0.0340 e. The molecule has 1 N–H and O–H groups in total. The molecule has 1 aromatic rings. The number of benzene rings is 1. The zero-order valence-electron chi connectivity index (χ0n) is 9.01. The van der Waals surface area contributed by atoms with E-state index in [-0.39, 0.29) is 0 Å². The van der Waals surface area contributed by atoms with Crippen LogP contribution < -0.4 is 5.32 Å². The highest BCUT2D eigenvalue weighted by molar-refractivity contribution is 6.17. The van der Waals surface area contributed by atoms with Crippen molar-refractivity contribution < 1.29 is 0 Å². The van der Waals surface area contributed by atoms with E-state index < -0.39 is 0 Å². The van der Waals surface area contributed by atoms with Crippen LogP contribution in [0.5, 0.6) is 0 Å². The van der Waals surface area contributed by atoms with Crippen molar-refractivity contribution in [3.63, 3.8) is 0 Å². The first-order chi connectivity index (χ1) is 7.38. The van der Waals surface area contributed by atoms with Crippen molar-refractivity contribution in [3.05, 3.63) is 29.8 Å². The molecule has 1 aliphatic rings. The Bertz CT molecular complexity index is 290. The average molecular weight is 224 g/mol. The lowest BCUT2D eigenvalue weighted by atomic mass is 9.85. The Morgan fingerprint density at radius 3 is 2.47 bits per heavy atom. The molecule has 2 rings (SSSR count). The summed E-state index contributed by atoms with van der Waals surface area (Å²) in [6, 6.07) is 8.62. The molecule has 0 spiro atoms. The van der Waals surface area contributed by atoms with E-state index in [9.17, 15) is 0 Å². The van der Waals surface area contributed by atoms with Crippen LogP contribution in [-0.2, 0) is 6.42 Å². The molecule has 15 heavy (non-hydrogen) atoms. The normalized spacial score (nSPS) is 16.1. The Labute approximate surface area is 96.8 Å². The lowest BCUT2D eigenvalue weighted by molar-refractivity contribution is 0.333. The molecule has 0 heterocycles. The van der Waals surface area contributed by atoms with Crippen molar-refractivity contribution >= 4 is 17.3 Å². The van der Waals surface area contributed by atoms with Gasteiger partial charge in [-0.2, -0.15) is 0 Å². The Morgan fingerprint density at radius 1 is 1.20 bits per heavy atom. The average Bonchev–Trinajstić information content (AvgIpc) is 2.19. The smallest absolute Gasteiger partial charge is 0.0340 e. The Balaban J connectivity index is 1.80. The number of rotatable bonds is 5. The van der Waals surface area contributed by atoms with Gasteiger partial charge < -0.3 is 5.32 Å². The fourth-order valence-electron chi connectivity index (χ4n) is 1.86. The van der Waals surface area contributed by atoms with Gasteiger partial charge in [0.2, 0.25) is 0 Å². The molecule has 1 aliphatic carbocycles. The van der Waals surface area contributed by atoms with Gasteiger partial charge in [0.1, 0.15) is 0 Å². The van der Waals surface area contributed by atoms with Gasteiger partial charge in [0.25, 0.3) is 0 Å². The van der Waals surface area contributed by atoms with Crippen LogP contribution in [-0.4, -0.2) is 12.4 Å². The highest BCUT2D eigenvalue weighted by atomic mass is 35.5. The summed E-state index contributed by atoms with van der Waals surface area (Å²) >= 11 is 5.69. The minimum absolute atomic E-state index is 0.703. The molecule has 0 unspecified atom stereocenters. The van der Waals surface area contributed by atoms with Gasteiger partial charge in [-0.3, -0.25) is 0 Å². The summed E-state index contributed by atoms with van der Waals surface area (Å²) in [5.74, 6) is 1.61. The number of hydrogen-bond donors (Lipinski definition) is 1. The van der Waals surface area contributed by atoms with Crippen molar-refractivity contribution in [2.24, 2.45) is 5.92 Å². The molecule has 2 heteroatoms. The zero-order valence-corrected chi connectivity index (χ0v) is 9.76. The highest BCUT2D eigenvalue weighted by Crippen LogP contribution is 2.26. The van der Waals surface area contributed by atoms with Crippen molar-refractivity contribution in [3.8, 4) is 0 Å². The number of hydrogen-bond acceptors (Lipinski definition) is 1. The van der Waals surface area contributed by atoms with Crippen LogP contribution in [0.4, 0.5) is 5.69 Å². The zero-order chi connectivity index (χ0) is 10.5. The summed E-state index contributed by atoms with van der Waals surface area (Å²) in [7, 11) is 0. The largest absolute Gasteiger partial charge is 0.385 e. The van der Waals surface area contributed by atoms with Gasteiger partial charge >= 0.3 is 0 Å². The second-order valence-corrected chi connectivity index (χ2v) is 4.69. The molecule has 0 bridgehead atoms. The van der Waals surface area contributed by atoms with E-state index in [4.69, 9.17) is 11.6 Å². The second-order valence-electron chi connectivity index (χ2n) is 4.31. The molecule has 0 aliphatic heterocycles. The molecular weight excluding hydrogens is 206 g/mol. The van der Waals surface area contributed by atoms with E-state index >= 15 is 0 Å². The third-order valence-corrected chi connectivity index (χ3v) is 3.35. The van der Waals surface area contributed by atoms with E-state index in [2.05, 4.69) is 29.6 Å². The Morgan fingerprint density at radius 2 is 1.93 bits per heavy atom. The molecule has 1 nitrogen and oxygen atoms in total. The fraction of sp³-hybridized carbons (Fsp3) is 0.538. The first kappa shape index (κ1) is 10.8. The van der Waals surface area contributed by atoms with E-state index in [0.717, 1.165) is 18.9 Å². The lowest BCUT2D eigenvalue weighted by Crippen LogP contribution is -2.20. The third kappa shape index (κ3) is 3.13. The van der Waals surface area contributed by atoms with E-state index in [0.29, 0.717) is 5.88 Å². The predicted molar refractivity (Wildman–Crippen MR) is 66.7 cm³/mol. The van der Waals surface area contributed by atoms with E-state index in [1.165, 1.54) is 30.5 Å². The predicted octanol–water partition coefficient (Wildman–Crippen LogP) is 3.68. The van der Waals surface area contributed by atoms with Crippen LogP contribution in [0.25, 0.3) is 0 Å². The molecular formula is C13H18ClN. The minimum Gasteiger partial charge on any atom is -0.385 e. The standard InChI is InChI=1S/C13H18ClN/c14-9-8-11-4-6-13(7-5-11)15-10-12-2-1-3-12/h4-7,12,15H,1-3,8-10H2. The molecule has 1 fully saturated rings. The maximum atomic E-state index is 5.69. The molecule has 0 amide bonds. The number of nitrogens with one attached hydrogen (secondary N) is 1. The number of alkyl halides is 1. The number of halogens is 1. The summed E-state index contributed by atoms with van der Waals surface area (Å²) in [6.45, 7) is 1.13. The van der Waals surface area contributed by atoms with Crippen LogP contribution in [0.2, 0.25) is 0 Å². The van der Waals surface area contributed by atoms with Crippen LogP contribution >= 0.6 is 11.6 Å². The molecule has 0 aromatic heterocycles. The molecule has 0 atom stereocenters. The Hall–Kier alpha value is -0.690. The number of anilines is 1. The second kappa shape index (κ2) is 5.41. The van der Waals surface area contributed by atoms with Crippen LogP contribution in [0.3, 0.4) is 0 Å². The monoisotopic (exact) mass is 223 g/mol. The number of aryl methyl sites for hydroxylation is 1. The summed E-state index contributed by atoms with van der Waals surface area (Å²) in [6.07, 6.45) is 5.18. The summed E-state index contributed by atoms with van der Waals surface area (Å²) in [5.41, 5.74) is 2.56. The van der Waals surface area contributed by atoms with Crippen LogP contribution in [0.1, 0.15) is 24.8 Å². The van der Waals surface area contributed by atoms with Gasteiger partial charge in [-0.1, -0.05) is 18.6 Å². The molecule has 1 saturated carbocycles. The Kier molecular flexibility index (Phi) is 3.90. The highest BCUT2D eigenvalue weighted by Gasteiger charge is 2.16. The van der Waals surface area contributed by atoms with Crippen molar-refractivity contribution in [2.75, 3.05) is 17.7 Å². The van der Waals surface area contributed by atoms with Gasteiger partial charge in [0, 0.05) is 18.1 Å². The quantitative estimate of drug-likeness (QED) is 0.751. The fourth-order valence-corrected chi connectivity index (χ4v) is 2.08. The van der Waals surface area contributed by atoms with Crippen molar-refractivity contribution in [2.45, 2.75) is 25.7 Å².